The topological polar surface area (TPSA) is 60.2 Å². The number of nitrogens with zero attached hydrogens (tertiary/aromatic N) is 1. The summed E-state index contributed by atoms with van der Waals surface area (Å²) in [6, 6.07) is 0. The molecule has 0 aromatic heterocycles. The Morgan fingerprint density at radius 1 is 0.958 bits per heavy atom. The van der Waals surface area contributed by atoms with Gasteiger partial charge in [-0.2, -0.15) is 0 Å². The van der Waals surface area contributed by atoms with Crippen molar-refractivity contribution < 1.29 is 9.72 Å². The minimum atomic E-state index is -0.283. The molecule has 0 aliphatic heterocycles. The van der Waals surface area contributed by atoms with E-state index in [1.54, 1.807) is 6.08 Å². The number of hydrogen-bond acceptors (Lipinski definition) is 3. The fourth-order valence-corrected chi connectivity index (χ4v) is 2.30. The van der Waals surface area contributed by atoms with E-state index in [2.05, 4.69) is 13.0 Å². The van der Waals surface area contributed by atoms with Crippen LogP contribution in [0.15, 0.2) is 36.1 Å². The van der Waals surface area contributed by atoms with E-state index in [9.17, 15) is 14.9 Å². The van der Waals surface area contributed by atoms with Gasteiger partial charge < -0.3 is 0 Å². The van der Waals surface area contributed by atoms with Crippen molar-refractivity contribution in [1.82, 2.24) is 0 Å². The van der Waals surface area contributed by atoms with E-state index >= 15 is 0 Å². The smallest absolute Gasteiger partial charge is 0.246 e. The molecule has 4 nitrogen and oxygen atoms in total. The molecule has 0 rings (SSSR count). The van der Waals surface area contributed by atoms with Crippen molar-refractivity contribution in [3.05, 3.63) is 46.2 Å². The zero-order valence-corrected chi connectivity index (χ0v) is 15.0. The first-order valence-corrected chi connectivity index (χ1v) is 9.20. The highest BCUT2D eigenvalue weighted by Gasteiger charge is 2.06. The molecule has 0 saturated heterocycles. The largest absolute Gasteiger partial charge is 0.291 e. The monoisotopic (exact) mass is 334 g/mol. The van der Waals surface area contributed by atoms with Gasteiger partial charge in [-0.3, -0.25) is 14.9 Å². The fourth-order valence-electron chi connectivity index (χ4n) is 2.30. The predicted molar refractivity (Wildman–Crippen MR) is 100 cm³/mol. The molecule has 0 aromatic rings. The van der Waals surface area contributed by atoms with Gasteiger partial charge in [0.25, 0.3) is 0 Å². The van der Waals surface area contributed by atoms with Crippen LogP contribution in [0.3, 0.4) is 0 Å². The molecule has 0 aliphatic rings. The van der Waals surface area contributed by atoms with Crippen LogP contribution in [-0.2, 0) is 4.79 Å². The summed E-state index contributed by atoms with van der Waals surface area (Å²) in [5.74, 6) is 0. The van der Waals surface area contributed by atoms with Crippen LogP contribution in [0.1, 0.15) is 84.0 Å². The van der Waals surface area contributed by atoms with Crippen molar-refractivity contribution in [2.24, 2.45) is 0 Å². The Hall–Kier alpha value is -1.71. The fraction of sp³-hybridized carbons (Fsp3) is 0.650. The summed E-state index contributed by atoms with van der Waals surface area (Å²) >= 11 is 0. The van der Waals surface area contributed by atoms with E-state index in [0.29, 0.717) is 19.3 Å². The summed E-state index contributed by atoms with van der Waals surface area (Å²) < 4.78 is 0. The van der Waals surface area contributed by atoms with Gasteiger partial charge in [-0.1, -0.05) is 56.9 Å². The predicted octanol–water partition coefficient (Wildman–Crippen LogP) is 6.07. The highest BCUT2D eigenvalue weighted by atomic mass is 16.6. The van der Waals surface area contributed by atoms with Gasteiger partial charge >= 0.3 is 0 Å². The average molecular weight is 334 g/mol. The Balaban J connectivity index is 3.88. The minimum Gasteiger partial charge on any atom is -0.291 e. The molecule has 0 bridgehead atoms. The molecule has 4 heteroatoms. The summed E-state index contributed by atoms with van der Waals surface area (Å²) in [5, 5.41) is 11.0. The molecule has 1 radical (unpaired) electrons. The maximum atomic E-state index is 11.0. The lowest BCUT2D eigenvalue weighted by molar-refractivity contribution is -0.427. The second-order valence-corrected chi connectivity index (χ2v) is 5.93. The van der Waals surface area contributed by atoms with Crippen LogP contribution in [0, 0.1) is 10.1 Å². The number of unbranched alkanes of at least 4 members (excludes halogenated alkanes) is 8. The molecule has 0 fully saturated rings. The normalized spacial score (nSPS) is 12.3. The van der Waals surface area contributed by atoms with E-state index in [1.807, 2.05) is 24.5 Å². The van der Waals surface area contributed by atoms with Crippen molar-refractivity contribution in [2.45, 2.75) is 84.0 Å². The number of rotatable bonds is 16. The van der Waals surface area contributed by atoms with E-state index in [1.165, 1.54) is 12.8 Å². The average Bonchev–Trinajstić information content (AvgIpc) is 2.57. The molecule has 0 saturated carbocycles. The Morgan fingerprint density at radius 2 is 1.62 bits per heavy atom. The van der Waals surface area contributed by atoms with Gasteiger partial charge in [-0.05, 0) is 44.6 Å². The lowest BCUT2D eigenvalue weighted by Gasteiger charge is -1.96. The van der Waals surface area contributed by atoms with Crippen LogP contribution < -0.4 is 0 Å². The maximum absolute atomic E-state index is 11.0. The van der Waals surface area contributed by atoms with Gasteiger partial charge in [-0.25, -0.2) is 0 Å². The van der Waals surface area contributed by atoms with Crippen molar-refractivity contribution in [3.63, 3.8) is 0 Å². The first-order chi connectivity index (χ1) is 11.7. The third kappa shape index (κ3) is 15.2. The molecule has 0 aliphatic carbocycles. The van der Waals surface area contributed by atoms with Gasteiger partial charge in [0.1, 0.15) is 0 Å². The van der Waals surface area contributed by atoms with Crippen LogP contribution in [0.4, 0.5) is 0 Å². The Bertz CT molecular complexity index is 411. The molecule has 135 valence electrons. The van der Waals surface area contributed by atoms with Crippen molar-refractivity contribution in [2.75, 3.05) is 0 Å². The van der Waals surface area contributed by atoms with E-state index in [4.69, 9.17) is 0 Å². The molecular weight excluding hydrogens is 302 g/mol. The highest BCUT2D eigenvalue weighted by Crippen LogP contribution is 2.09. The Kier molecular flexibility index (Phi) is 16.4. The molecular formula is C20H32NO3. The van der Waals surface area contributed by atoms with Crippen LogP contribution in [0.25, 0.3) is 0 Å². The van der Waals surface area contributed by atoms with Gasteiger partial charge in [0.05, 0.1) is 11.3 Å². The summed E-state index contributed by atoms with van der Waals surface area (Å²) in [7, 11) is 0. The van der Waals surface area contributed by atoms with E-state index in [-0.39, 0.29) is 10.6 Å². The van der Waals surface area contributed by atoms with E-state index in [0.717, 1.165) is 44.9 Å². The lowest BCUT2D eigenvalue weighted by Crippen LogP contribution is -1.97. The lowest BCUT2D eigenvalue weighted by atomic mass is 10.1. The third-order valence-electron chi connectivity index (χ3n) is 3.76. The van der Waals surface area contributed by atoms with Crippen molar-refractivity contribution in [1.29, 1.82) is 0 Å². The van der Waals surface area contributed by atoms with Crippen LogP contribution >= 0.6 is 0 Å². The number of carbonyl (C=O) groups excluding carboxylic acids is 1. The first kappa shape index (κ1) is 22.3. The zero-order chi connectivity index (χ0) is 17.9. The summed E-state index contributed by atoms with van der Waals surface area (Å²) in [6.07, 6.45) is 22.9. The second-order valence-electron chi connectivity index (χ2n) is 5.93. The van der Waals surface area contributed by atoms with E-state index < -0.39 is 0 Å². The molecule has 0 heterocycles. The van der Waals surface area contributed by atoms with Crippen LogP contribution in [0.2, 0.25) is 0 Å². The van der Waals surface area contributed by atoms with Gasteiger partial charge in [0.2, 0.25) is 5.70 Å². The second kappa shape index (κ2) is 17.6. The zero-order valence-electron chi connectivity index (χ0n) is 15.0. The molecule has 0 aromatic carbocycles. The molecule has 0 atom stereocenters. The molecule has 0 amide bonds. The third-order valence-corrected chi connectivity index (χ3v) is 3.76. The number of nitro groups is 1. The van der Waals surface area contributed by atoms with Gasteiger partial charge in [0, 0.05) is 6.42 Å². The molecule has 24 heavy (non-hydrogen) atoms. The first-order valence-electron chi connectivity index (χ1n) is 9.20. The quantitative estimate of drug-likeness (QED) is 0.149. The van der Waals surface area contributed by atoms with Gasteiger partial charge in [0.15, 0.2) is 6.29 Å². The summed E-state index contributed by atoms with van der Waals surface area (Å²) in [5.41, 5.74) is 0.275. The minimum absolute atomic E-state index is 0.275. The van der Waals surface area contributed by atoms with Crippen molar-refractivity contribution >= 4 is 6.29 Å². The summed E-state index contributed by atoms with van der Waals surface area (Å²) in [6.45, 7) is 2.16. The molecule has 0 spiro atoms. The standard InChI is InChI=1S/C20H32NO3/c1-2-3-4-5-11-14-17-20(21(23)24)18-15-12-9-7-6-8-10-13-16-19-22/h9,11-12,14,18H,2-8,10,13,15-17H2,1H3/b12-9-,14-11-,20-18+. The van der Waals surface area contributed by atoms with Crippen molar-refractivity contribution in [3.8, 4) is 0 Å². The number of hydrogen-bond donors (Lipinski definition) is 0. The Labute approximate surface area is 146 Å². The number of allylic oxidation sites excluding steroid dienone is 5. The highest BCUT2D eigenvalue weighted by molar-refractivity contribution is 5.50. The van der Waals surface area contributed by atoms with Gasteiger partial charge in [-0.15, -0.1) is 0 Å². The SMILES string of the molecule is CCCCC/C=C\C/C(=C\C/C=C\CCCCCC[C]=O)[N+](=O)[O-]. The molecule has 0 N–H and O–H groups in total. The van der Waals surface area contributed by atoms with Crippen LogP contribution in [-0.4, -0.2) is 11.2 Å². The van der Waals surface area contributed by atoms with Crippen LogP contribution in [0.5, 0.6) is 0 Å². The molecule has 0 unspecified atom stereocenters. The summed E-state index contributed by atoms with van der Waals surface area (Å²) in [4.78, 5) is 20.8. The Morgan fingerprint density at radius 3 is 2.29 bits per heavy atom. The maximum Gasteiger partial charge on any atom is 0.246 e.